The Hall–Kier alpha value is -2.36. The van der Waals surface area contributed by atoms with E-state index in [1.807, 2.05) is 19.1 Å². The highest BCUT2D eigenvalue weighted by molar-refractivity contribution is 5.79. The Kier molecular flexibility index (Phi) is 4.09. The monoisotopic (exact) mass is 297 g/mol. The van der Waals surface area contributed by atoms with E-state index in [1.165, 1.54) is 16.9 Å². The highest BCUT2D eigenvalue weighted by Gasteiger charge is 2.21. The summed E-state index contributed by atoms with van der Waals surface area (Å²) in [6.07, 6.45) is 0.344. The fourth-order valence-electron chi connectivity index (χ4n) is 2.67. The van der Waals surface area contributed by atoms with Crippen molar-refractivity contribution in [2.24, 2.45) is 0 Å². The van der Waals surface area contributed by atoms with Gasteiger partial charge in [-0.2, -0.15) is 0 Å². The van der Waals surface area contributed by atoms with Crippen LogP contribution in [0.3, 0.4) is 0 Å². The van der Waals surface area contributed by atoms with E-state index in [0.717, 1.165) is 18.0 Å². The molecule has 4 nitrogen and oxygen atoms in total. The fraction of sp³-hybridized carbons (Fsp3) is 0.333. The van der Waals surface area contributed by atoms with Crippen LogP contribution in [0.4, 0.5) is 17.1 Å². The number of rotatable bonds is 5. The number of anilines is 3. The third-order valence-electron chi connectivity index (χ3n) is 4.05. The van der Waals surface area contributed by atoms with Gasteiger partial charge in [-0.15, -0.1) is 0 Å². The van der Waals surface area contributed by atoms with E-state index in [1.54, 1.807) is 0 Å². The number of fused-ring (bicyclic) bond motifs is 1. The SMILES string of the molecule is CCOc1ccc(CNc2ccc3c(c2)NC(C)N3C)cc1. The van der Waals surface area contributed by atoms with E-state index >= 15 is 0 Å². The van der Waals surface area contributed by atoms with Crippen molar-refractivity contribution in [2.45, 2.75) is 26.6 Å². The van der Waals surface area contributed by atoms with Crippen LogP contribution in [0.15, 0.2) is 42.5 Å². The lowest BCUT2D eigenvalue weighted by molar-refractivity contribution is 0.340. The number of nitrogens with one attached hydrogen (secondary N) is 2. The average molecular weight is 297 g/mol. The molecule has 0 radical (unpaired) electrons. The summed E-state index contributed by atoms with van der Waals surface area (Å²) in [5.41, 5.74) is 4.80. The third-order valence-corrected chi connectivity index (χ3v) is 4.05. The number of ether oxygens (including phenoxy) is 1. The first-order chi connectivity index (χ1) is 10.7. The molecule has 4 heteroatoms. The Morgan fingerprint density at radius 3 is 2.68 bits per heavy atom. The molecule has 2 N–H and O–H groups in total. The number of nitrogens with zero attached hydrogens (tertiary/aromatic N) is 1. The molecule has 2 aromatic carbocycles. The first-order valence-electron chi connectivity index (χ1n) is 7.76. The van der Waals surface area contributed by atoms with Crippen molar-refractivity contribution in [3.05, 3.63) is 48.0 Å². The van der Waals surface area contributed by atoms with Crippen LogP contribution in [-0.2, 0) is 6.54 Å². The van der Waals surface area contributed by atoms with Crippen LogP contribution in [0.5, 0.6) is 5.75 Å². The minimum atomic E-state index is 0.344. The molecule has 0 amide bonds. The van der Waals surface area contributed by atoms with Crippen LogP contribution in [0.25, 0.3) is 0 Å². The van der Waals surface area contributed by atoms with Crippen molar-refractivity contribution in [1.82, 2.24) is 0 Å². The van der Waals surface area contributed by atoms with Gasteiger partial charge in [0.1, 0.15) is 5.75 Å². The molecular formula is C18H23N3O. The predicted octanol–water partition coefficient (Wildman–Crippen LogP) is 3.91. The van der Waals surface area contributed by atoms with Gasteiger partial charge in [0.2, 0.25) is 0 Å². The van der Waals surface area contributed by atoms with E-state index < -0.39 is 0 Å². The maximum atomic E-state index is 5.46. The molecule has 0 saturated carbocycles. The molecule has 116 valence electrons. The quantitative estimate of drug-likeness (QED) is 0.877. The van der Waals surface area contributed by atoms with Gasteiger partial charge in [-0.25, -0.2) is 0 Å². The zero-order valence-corrected chi connectivity index (χ0v) is 13.4. The Bertz CT molecular complexity index is 639. The first kappa shape index (κ1) is 14.6. The summed E-state index contributed by atoms with van der Waals surface area (Å²) in [5.74, 6) is 0.921. The number of benzene rings is 2. The normalized spacial score (nSPS) is 16.1. The predicted molar refractivity (Wildman–Crippen MR) is 92.9 cm³/mol. The average Bonchev–Trinajstić information content (AvgIpc) is 2.81. The Labute approximate surface area is 132 Å². The summed E-state index contributed by atoms with van der Waals surface area (Å²) in [7, 11) is 2.11. The molecule has 0 aliphatic carbocycles. The Balaban J connectivity index is 1.64. The molecule has 3 rings (SSSR count). The van der Waals surface area contributed by atoms with Crippen LogP contribution in [0.2, 0.25) is 0 Å². The van der Waals surface area contributed by atoms with Crippen LogP contribution < -0.4 is 20.3 Å². The smallest absolute Gasteiger partial charge is 0.119 e. The van der Waals surface area contributed by atoms with Crippen molar-refractivity contribution in [3.8, 4) is 5.75 Å². The molecule has 0 spiro atoms. The maximum Gasteiger partial charge on any atom is 0.119 e. The van der Waals surface area contributed by atoms with Crippen molar-refractivity contribution in [3.63, 3.8) is 0 Å². The van der Waals surface area contributed by atoms with Gasteiger partial charge < -0.3 is 20.3 Å². The Morgan fingerprint density at radius 2 is 1.95 bits per heavy atom. The summed E-state index contributed by atoms with van der Waals surface area (Å²) in [5, 5.41) is 6.95. The summed E-state index contributed by atoms with van der Waals surface area (Å²) in [6, 6.07) is 14.7. The molecule has 1 aliphatic rings. The zero-order valence-electron chi connectivity index (χ0n) is 13.4. The highest BCUT2D eigenvalue weighted by Crippen LogP contribution is 2.35. The molecule has 0 aromatic heterocycles. The van der Waals surface area contributed by atoms with E-state index in [4.69, 9.17) is 4.74 Å². The largest absolute Gasteiger partial charge is 0.494 e. The van der Waals surface area contributed by atoms with Gasteiger partial charge in [-0.1, -0.05) is 12.1 Å². The van der Waals surface area contributed by atoms with Gasteiger partial charge in [0.05, 0.1) is 24.1 Å². The van der Waals surface area contributed by atoms with Gasteiger partial charge in [-0.05, 0) is 49.7 Å². The zero-order chi connectivity index (χ0) is 15.5. The molecular weight excluding hydrogens is 274 g/mol. The summed E-state index contributed by atoms with van der Waals surface area (Å²) < 4.78 is 5.46. The molecule has 0 saturated heterocycles. The number of hydrogen-bond donors (Lipinski definition) is 2. The van der Waals surface area contributed by atoms with Crippen LogP contribution >= 0.6 is 0 Å². The lowest BCUT2D eigenvalue weighted by atomic mass is 10.2. The van der Waals surface area contributed by atoms with Gasteiger partial charge in [0.15, 0.2) is 0 Å². The van der Waals surface area contributed by atoms with Crippen LogP contribution in [0.1, 0.15) is 19.4 Å². The molecule has 1 heterocycles. The standard InChI is InChI=1S/C18H23N3O/c1-4-22-16-8-5-14(6-9-16)12-19-15-7-10-18-17(11-15)20-13(2)21(18)3/h5-11,13,19-20H,4,12H2,1-3H3. The van der Waals surface area contributed by atoms with E-state index in [2.05, 4.69) is 59.8 Å². The van der Waals surface area contributed by atoms with Gasteiger partial charge in [0, 0.05) is 19.3 Å². The molecule has 22 heavy (non-hydrogen) atoms. The lowest BCUT2D eigenvalue weighted by Gasteiger charge is -2.17. The molecule has 0 bridgehead atoms. The lowest BCUT2D eigenvalue weighted by Crippen LogP contribution is -2.28. The second-order valence-corrected chi connectivity index (χ2v) is 5.59. The second kappa shape index (κ2) is 6.18. The van der Waals surface area contributed by atoms with Gasteiger partial charge in [0.25, 0.3) is 0 Å². The van der Waals surface area contributed by atoms with Crippen LogP contribution in [-0.4, -0.2) is 19.8 Å². The Morgan fingerprint density at radius 1 is 1.18 bits per heavy atom. The van der Waals surface area contributed by atoms with Gasteiger partial charge in [-0.3, -0.25) is 0 Å². The highest BCUT2D eigenvalue weighted by atomic mass is 16.5. The van der Waals surface area contributed by atoms with Crippen molar-refractivity contribution in [2.75, 3.05) is 29.2 Å². The summed E-state index contributed by atoms with van der Waals surface area (Å²) in [6.45, 7) is 5.66. The van der Waals surface area contributed by atoms with Crippen molar-refractivity contribution >= 4 is 17.1 Å². The third kappa shape index (κ3) is 2.96. The number of hydrogen-bond acceptors (Lipinski definition) is 4. The molecule has 1 atom stereocenters. The van der Waals surface area contributed by atoms with Crippen molar-refractivity contribution in [1.29, 1.82) is 0 Å². The molecule has 1 unspecified atom stereocenters. The van der Waals surface area contributed by atoms with Crippen molar-refractivity contribution < 1.29 is 4.74 Å². The summed E-state index contributed by atoms with van der Waals surface area (Å²) in [4.78, 5) is 2.24. The fourth-order valence-corrected chi connectivity index (χ4v) is 2.67. The van der Waals surface area contributed by atoms with Crippen LogP contribution in [0, 0.1) is 0 Å². The minimum Gasteiger partial charge on any atom is -0.494 e. The van der Waals surface area contributed by atoms with E-state index in [9.17, 15) is 0 Å². The van der Waals surface area contributed by atoms with Gasteiger partial charge >= 0.3 is 0 Å². The first-order valence-corrected chi connectivity index (χ1v) is 7.76. The molecule has 0 fully saturated rings. The van der Waals surface area contributed by atoms with E-state index in [-0.39, 0.29) is 0 Å². The maximum absolute atomic E-state index is 5.46. The summed E-state index contributed by atoms with van der Waals surface area (Å²) >= 11 is 0. The second-order valence-electron chi connectivity index (χ2n) is 5.59. The molecule has 1 aliphatic heterocycles. The van der Waals surface area contributed by atoms with E-state index in [0.29, 0.717) is 12.8 Å². The molecule has 2 aromatic rings. The topological polar surface area (TPSA) is 36.5 Å². The minimum absolute atomic E-state index is 0.344.